The van der Waals surface area contributed by atoms with Gasteiger partial charge in [0, 0.05) is 32.4 Å². The lowest BCUT2D eigenvalue weighted by Gasteiger charge is -2.28. The van der Waals surface area contributed by atoms with E-state index in [4.69, 9.17) is 4.74 Å². The number of rotatable bonds is 4. The van der Waals surface area contributed by atoms with Crippen LogP contribution in [0.2, 0.25) is 0 Å². The van der Waals surface area contributed by atoms with Gasteiger partial charge in [0.2, 0.25) is 5.95 Å². The summed E-state index contributed by atoms with van der Waals surface area (Å²) in [5, 5.41) is 0. The van der Waals surface area contributed by atoms with Crippen molar-refractivity contribution in [3.63, 3.8) is 0 Å². The van der Waals surface area contributed by atoms with Crippen LogP contribution < -0.4 is 9.80 Å². The third-order valence-electron chi connectivity index (χ3n) is 3.01. The van der Waals surface area contributed by atoms with Crippen molar-refractivity contribution in [3.8, 4) is 0 Å². The van der Waals surface area contributed by atoms with E-state index >= 15 is 0 Å². The number of anilines is 2. The summed E-state index contributed by atoms with van der Waals surface area (Å²) in [5.74, 6) is 1.82. The number of aromatic nitrogens is 2. The summed E-state index contributed by atoms with van der Waals surface area (Å²) in [7, 11) is 0. The molecule has 0 radical (unpaired) electrons. The molecule has 0 bridgehead atoms. The molecule has 1 aliphatic heterocycles. The lowest BCUT2D eigenvalue weighted by molar-refractivity contribution is 0.122. The number of hydrogen-bond acceptors (Lipinski definition) is 5. The van der Waals surface area contributed by atoms with Crippen molar-refractivity contribution in [2.75, 3.05) is 49.2 Å². The van der Waals surface area contributed by atoms with Crippen molar-refractivity contribution in [2.45, 2.75) is 13.8 Å². The van der Waals surface area contributed by atoms with Crippen LogP contribution in [0.25, 0.3) is 0 Å². The van der Waals surface area contributed by atoms with Crippen molar-refractivity contribution in [3.05, 3.63) is 12.3 Å². The van der Waals surface area contributed by atoms with E-state index in [0.29, 0.717) is 0 Å². The second-order valence-electron chi connectivity index (χ2n) is 3.99. The van der Waals surface area contributed by atoms with E-state index in [1.54, 1.807) is 0 Å². The Kier molecular flexibility index (Phi) is 4.14. The Balaban J connectivity index is 2.15. The van der Waals surface area contributed by atoms with E-state index in [1.807, 2.05) is 12.3 Å². The molecule has 0 spiro atoms. The minimum Gasteiger partial charge on any atom is -0.378 e. The third kappa shape index (κ3) is 2.85. The van der Waals surface area contributed by atoms with E-state index in [1.165, 1.54) is 0 Å². The van der Waals surface area contributed by atoms with Gasteiger partial charge in [-0.25, -0.2) is 4.98 Å². The Morgan fingerprint density at radius 3 is 2.65 bits per heavy atom. The molecule has 5 nitrogen and oxygen atoms in total. The van der Waals surface area contributed by atoms with Crippen molar-refractivity contribution in [2.24, 2.45) is 0 Å². The first-order valence-electron chi connectivity index (χ1n) is 6.25. The quantitative estimate of drug-likeness (QED) is 0.784. The monoisotopic (exact) mass is 236 g/mol. The van der Waals surface area contributed by atoms with E-state index in [0.717, 1.165) is 51.2 Å². The van der Waals surface area contributed by atoms with Crippen LogP contribution in [0, 0.1) is 0 Å². The number of morpholine rings is 1. The molecule has 0 unspecified atom stereocenters. The van der Waals surface area contributed by atoms with Gasteiger partial charge in [-0.2, -0.15) is 4.98 Å². The van der Waals surface area contributed by atoms with Crippen LogP contribution in [0.15, 0.2) is 12.3 Å². The van der Waals surface area contributed by atoms with Crippen LogP contribution >= 0.6 is 0 Å². The fourth-order valence-electron chi connectivity index (χ4n) is 1.97. The van der Waals surface area contributed by atoms with Crippen LogP contribution in [-0.4, -0.2) is 49.4 Å². The smallest absolute Gasteiger partial charge is 0.227 e. The largest absolute Gasteiger partial charge is 0.378 e. The molecule has 5 heteroatoms. The lowest BCUT2D eigenvalue weighted by Crippen LogP contribution is -2.37. The lowest BCUT2D eigenvalue weighted by atomic mass is 10.4. The van der Waals surface area contributed by atoms with Crippen molar-refractivity contribution in [1.29, 1.82) is 0 Å². The first-order valence-corrected chi connectivity index (χ1v) is 6.25. The molecule has 1 aliphatic rings. The molecule has 1 fully saturated rings. The van der Waals surface area contributed by atoms with Crippen LogP contribution in [0.5, 0.6) is 0 Å². The fraction of sp³-hybridized carbons (Fsp3) is 0.667. The minimum absolute atomic E-state index is 0.782. The van der Waals surface area contributed by atoms with Crippen molar-refractivity contribution in [1.82, 2.24) is 9.97 Å². The molecule has 1 aromatic rings. The zero-order chi connectivity index (χ0) is 12.1. The molecular formula is C12H20N4O. The average Bonchev–Trinajstić information content (AvgIpc) is 2.42. The molecule has 0 amide bonds. The maximum atomic E-state index is 5.35. The summed E-state index contributed by atoms with van der Waals surface area (Å²) in [4.78, 5) is 13.4. The summed E-state index contributed by atoms with van der Waals surface area (Å²) in [6.45, 7) is 9.49. The normalized spacial score (nSPS) is 16.0. The van der Waals surface area contributed by atoms with Crippen LogP contribution in [0.3, 0.4) is 0 Å². The SMILES string of the molecule is CCN(CC)c1nccc(N2CCOCC2)n1. The van der Waals surface area contributed by atoms with E-state index in [-0.39, 0.29) is 0 Å². The van der Waals surface area contributed by atoms with Gasteiger partial charge < -0.3 is 14.5 Å². The van der Waals surface area contributed by atoms with Gasteiger partial charge in [-0.15, -0.1) is 0 Å². The van der Waals surface area contributed by atoms with E-state index in [2.05, 4.69) is 33.6 Å². The Hall–Kier alpha value is -1.36. The summed E-state index contributed by atoms with van der Waals surface area (Å²) in [6.07, 6.45) is 1.84. The number of hydrogen-bond donors (Lipinski definition) is 0. The van der Waals surface area contributed by atoms with Gasteiger partial charge in [-0.3, -0.25) is 0 Å². The molecular weight excluding hydrogens is 216 g/mol. The first-order chi connectivity index (χ1) is 8.35. The van der Waals surface area contributed by atoms with Gasteiger partial charge in [0.1, 0.15) is 5.82 Å². The number of nitrogens with zero attached hydrogens (tertiary/aromatic N) is 4. The zero-order valence-corrected chi connectivity index (χ0v) is 10.6. The average molecular weight is 236 g/mol. The molecule has 0 aliphatic carbocycles. The molecule has 0 atom stereocenters. The minimum atomic E-state index is 0.782. The van der Waals surface area contributed by atoms with Crippen LogP contribution in [-0.2, 0) is 4.74 Å². The summed E-state index contributed by atoms with van der Waals surface area (Å²) in [5.41, 5.74) is 0. The maximum absolute atomic E-state index is 5.35. The highest BCUT2D eigenvalue weighted by Crippen LogP contribution is 2.15. The molecule has 0 saturated carbocycles. The highest BCUT2D eigenvalue weighted by atomic mass is 16.5. The molecule has 2 rings (SSSR count). The molecule has 1 aromatic heterocycles. The standard InChI is InChI=1S/C12H20N4O/c1-3-15(4-2)12-13-6-5-11(14-12)16-7-9-17-10-8-16/h5-6H,3-4,7-10H2,1-2H3. The highest BCUT2D eigenvalue weighted by Gasteiger charge is 2.14. The highest BCUT2D eigenvalue weighted by molar-refractivity contribution is 5.43. The van der Waals surface area contributed by atoms with Gasteiger partial charge >= 0.3 is 0 Å². The van der Waals surface area contributed by atoms with Gasteiger partial charge in [0.05, 0.1) is 13.2 Å². The summed E-state index contributed by atoms with van der Waals surface area (Å²) >= 11 is 0. The second kappa shape index (κ2) is 5.82. The first kappa shape index (κ1) is 12.1. The summed E-state index contributed by atoms with van der Waals surface area (Å²) in [6, 6.07) is 1.97. The molecule has 17 heavy (non-hydrogen) atoms. The van der Waals surface area contributed by atoms with E-state index < -0.39 is 0 Å². The molecule has 1 saturated heterocycles. The number of ether oxygens (including phenoxy) is 1. The van der Waals surface area contributed by atoms with Gasteiger partial charge in [-0.1, -0.05) is 0 Å². The van der Waals surface area contributed by atoms with Crippen molar-refractivity contribution < 1.29 is 4.74 Å². The zero-order valence-electron chi connectivity index (χ0n) is 10.6. The van der Waals surface area contributed by atoms with Gasteiger partial charge in [-0.05, 0) is 19.9 Å². The Bertz CT molecular complexity index is 348. The Labute approximate surface area is 102 Å². The fourth-order valence-corrected chi connectivity index (χ4v) is 1.97. The molecule has 94 valence electrons. The summed E-state index contributed by atoms with van der Waals surface area (Å²) < 4.78 is 5.35. The Morgan fingerprint density at radius 1 is 1.29 bits per heavy atom. The predicted molar refractivity (Wildman–Crippen MR) is 68.6 cm³/mol. The third-order valence-corrected chi connectivity index (χ3v) is 3.01. The van der Waals surface area contributed by atoms with E-state index in [9.17, 15) is 0 Å². The maximum Gasteiger partial charge on any atom is 0.227 e. The topological polar surface area (TPSA) is 41.5 Å². The van der Waals surface area contributed by atoms with Crippen LogP contribution in [0.4, 0.5) is 11.8 Å². The second-order valence-corrected chi connectivity index (χ2v) is 3.99. The molecule has 0 N–H and O–H groups in total. The van der Waals surface area contributed by atoms with Gasteiger partial charge in [0.15, 0.2) is 0 Å². The van der Waals surface area contributed by atoms with Gasteiger partial charge in [0.25, 0.3) is 0 Å². The molecule has 2 heterocycles. The molecule has 0 aromatic carbocycles. The van der Waals surface area contributed by atoms with Crippen molar-refractivity contribution >= 4 is 11.8 Å². The van der Waals surface area contributed by atoms with Crippen LogP contribution in [0.1, 0.15) is 13.8 Å². The predicted octanol–water partition coefficient (Wildman–Crippen LogP) is 1.16. The Morgan fingerprint density at radius 2 is 2.00 bits per heavy atom.